The highest BCUT2D eigenvalue weighted by Crippen LogP contribution is 2.28. The third-order valence-electron chi connectivity index (χ3n) is 4.37. The van der Waals surface area contributed by atoms with Gasteiger partial charge in [0.15, 0.2) is 5.13 Å². The van der Waals surface area contributed by atoms with E-state index in [1.165, 1.54) is 35.6 Å². The summed E-state index contributed by atoms with van der Waals surface area (Å²) in [6.07, 6.45) is 2.78. The van der Waals surface area contributed by atoms with Gasteiger partial charge in [-0.15, -0.1) is 11.3 Å². The summed E-state index contributed by atoms with van der Waals surface area (Å²) in [6, 6.07) is 18.5. The van der Waals surface area contributed by atoms with Crippen LogP contribution in [0.25, 0.3) is 28.1 Å². The van der Waals surface area contributed by atoms with Gasteiger partial charge in [-0.1, -0.05) is 54.1 Å². The molecule has 0 radical (unpaired) electrons. The number of nitro groups is 1. The van der Waals surface area contributed by atoms with E-state index in [9.17, 15) is 14.9 Å². The van der Waals surface area contributed by atoms with E-state index in [-0.39, 0.29) is 16.6 Å². The highest BCUT2D eigenvalue weighted by atomic mass is 35.5. The average Bonchev–Trinajstić information content (AvgIpc) is 3.21. The Kier molecular flexibility index (Phi) is 5.56. The molecule has 148 valence electrons. The van der Waals surface area contributed by atoms with Gasteiger partial charge in [-0.25, -0.2) is 4.98 Å². The molecular formula is C22H14ClN3O3S. The van der Waals surface area contributed by atoms with Crippen molar-refractivity contribution in [3.63, 3.8) is 0 Å². The van der Waals surface area contributed by atoms with Gasteiger partial charge >= 0.3 is 0 Å². The second-order valence-electron chi connectivity index (χ2n) is 6.39. The molecule has 0 aliphatic rings. The third kappa shape index (κ3) is 4.37. The van der Waals surface area contributed by atoms with Crippen molar-refractivity contribution in [1.82, 2.24) is 4.98 Å². The number of nitro benzene ring substituents is 1. The number of halogens is 1. The Labute approximate surface area is 180 Å². The molecule has 0 aliphatic carbocycles. The van der Waals surface area contributed by atoms with E-state index in [2.05, 4.69) is 16.4 Å². The first-order valence-corrected chi connectivity index (χ1v) is 10.1. The summed E-state index contributed by atoms with van der Waals surface area (Å²) in [5.41, 5.74) is 2.03. The Bertz CT molecular complexity index is 1300. The van der Waals surface area contributed by atoms with Crippen molar-refractivity contribution in [2.45, 2.75) is 0 Å². The lowest BCUT2D eigenvalue weighted by Gasteiger charge is -2.01. The number of hydrogen-bond acceptors (Lipinski definition) is 5. The van der Waals surface area contributed by atoms with Gasteiger partial charge in [0.25, 0.3) is 5.69 Å². The molecule has 1 N–H and O–H groups in total. The molecule has 1 aromatic heterocycles. The second kappa shape index (κ2) is 8.44. The number of nitrogens with one attached hydrogen (secondary N) is 1. The number of nitrogens with zero attached hydrogens (tertiary/aromatic N) is 2. The molecule has 8 heteroatoms. The van der Waals surface area contributed by atoms with Crippen LogP contribution in [0.4, 0.5) is 10.8 Å². The number of benzene rings is 3. The number of rotatable bonds is 5. The fourth-order valence-electron chi connectivity index (χ4n) is 2.90. The first-order valence-electron chi connectivity index (χ1n) is 8.87. The molecule has 0 aliphatic heterocycles. The van der Waals surface area contributed by atoms with E-state index in [1.54, 1.807) is 6.07 Å². The molecule has 0 bridgehead atoms. The van der Waals surface area contributed by atoms with Gasteiger partial charge in [-0.3, -0.25) is 20.2 Å². The zero-order chi connectivity index (χ0) is 21.1. The van der Waals surface area contributed by atoms with Gasteiger partial charge in [0, 0.05) is 23.1 Å². The van der Waals surface area contributed by atoms with Crippen LogP contribution in [0.5, 0.6) is 0 Å². The number of carbonyl (C=O) groups excluding carboxylic acids is 1. The fourth-order valence-corrected chi connectivity index (χ4v) is 3.81. The lowest BCUT2D eigenvalue weighted by Crippen LogP contribution is -2.07. The van der Waals surface area contributed by atoms with Crippen LogP contribution in [0.1, 0.15) is 5.56 Å². The molecule has 3 aromatic carbocycles. The molecule has 4 rings (SSSR count). The zero-order valence-electron chi connectivity index (χ0n) is 15.4. The molecule has 0 spiro atoms. The van der Waals surface area contributed by atoms with Gasteiger partial charge in [-0.05, 0) is 34.5 Å². The van der Waals surface area contributed by atoms with Crippen LogP contribution in [0, 0.1) is 10.1 Å². The minimum absolute atomic E-state index is 0.0469. The summed E-state index contributed by atoms with van der Waals surface area (Å²) in [5, 5.41) is 18.3. The van der Waals surface area contributed by atoms with Gasteiger partial charge in [-0.2, -0.15) is 0 Å². The maximum Gasteiger partial charge on any atom is 0.288 e. The molecule has 0 unspecified atom stereocenters. The van der Waals surface area contributed by atoms with Crippen molar-refractivity contribution in [3.8, 4) is 11.3 Å². The minimum Gasteiger partial charge on any atom is -0.298 e. The molecule has 4 aromatic rings. The molecule has 0 saturated carbocycles. The van der Waals surface area contributed by atoms with Crippen LogP contribution in [0.15, 0.2) is 72.1 Å². The van der Waals surface area contributed by atoms with E-state index in [4.69, 9.17) is 11.6 Å². The molecule has 1 heterocycles. The van der Waals surface area contributed by atoms with Crippen molar-refractivity contribution in [2.24, 2.45) is 0 Å². The predicted octanol–water partition coefficient (Wildman–Crippen LogP) is 6.18. The maximum absolute atomic E-state index is 12.2. The van der Waals surface area contributed by atoms with Crippen LogP contribution >= 0.6 is 22.9 Å². The van der Waals surface area contributed by atoms with Gasteiger partial charge in [0.05, 0.1) is 10.6 Å². The van der Waals surface area contributed by atoms with E-state index >= 15 is 0 Å². The van der Waals surface area contributed by atoms with Crippen molar-refractivity contribution in [1.29, 1.82) is 0 Å². The highest BCUT2D eigenvalue weighted by Gasteiger charge is 2.12. The fraction of sp³-hybridized carbons (Fsp3) is 0. The minimum atomic E-state index is -0.566. The summed E-state index contributed by atoms with van der Waals surface area (Å²) < 4.78 is 0. The Morgan fingerprint density at radius 1 is 1.10 bits per heavy atom. The van der Waals surface area contributed by atoms with Gasteiger partial charge in [0.1, 0.15) is 5.02 Å². The first kappa shape index (κ1) is 19.8. The Morgan fingerprint density at radius 3 is 2.70 bits per heavy atom. The molecule has 30 heavy (non-hydrogen) atoms. The standard InChI is InChI=1S/C22H14ClN3O3S/c23-18-9-5-14(11-20(18)26(28)29)6-10-21(27)25-22-24-19(13-30-22)17-8-7-15-3-1-2-4-16(15)12-17/h1-13H,(H,24,25,27). The van der Waals surface area contributed by atoms with E-state index in [0.29, 0.717) is 10.7 Å². The number of hydrogen-bond donors (Lipinski definition) is 1. The first-order chi connectivity index (χ1) is 14.5. The Balaban J connectivity index is 1.46. The van der Waals surface area contributed by atoms with E-state index in [1.807, 2.05) is 41.8 Å². The van der Waals surface area contributed by atoms with Crippen molar-refractivity contribution >= 4 is 56.5 Å². The number of carbonyl (C=O) groups is 1. The normalized spacial score (nSPS) is 11.1. The van der Waals surface area contributed by atoms with Gasteiger partial charge in [0.2, 0.25) is 5.91 Å². The molecule has 1 amide bonds. The molecular weight excluding hydrogens is 422 g/mol. The SMILES string of the molecule is O=C(C=Cc1ccc(Cl)c([N+](=O)[O-])c1)Nc1nc(-c2ccc3ccccc3c2)cs1. The highest BCUT2D eigenvalue weighted by molar-refractivity contribution is 7.14. The number of anilines is 1. The molecule has 0 atom stereocenters. The Hall–Kier alpha value is -3.55. The number of thiazole rings is 1. The monoisotopic (exact) mass is 435 g/mol. The molecule has 0 fully saturated rings. The van der Waals surface area contributed by atoms with E-state index in [0.717, 1.165) is 22.0 Å². The lowest BCUT2D eigenvalue weighted by molar-refractivity contribution is -0.384. The van der Waals surface area contributed by atoms with E-state index < -0.39 is 4.92 Å². The quantitative estimate of drug-likeness (QED) is 0.230. The number of aromatic nitrogens is 1. The van der Waals surface area contributed by atoms with Crippen molar-refractivity contribution < 1.29 is 9.72 Å². The second-order valence-corrected chi connectivity index (χ2v) is 7.66. The summed E-state index contributed by atoms with van der Waals surface area (Å²) in [7, 11) is 0. The van der Waals surface area contributed by atoms with Crippen LogP contribution in [-0.4, -0.2) is 15.8 Å². The number of amides is 1. The number of fused-ring (bicyclic) bond motifs is 1. The zero-order valence-corrected chi connectivity index (χ0v) is 17.0. The van der Waals surface area contributed by atoms with Crippen LogP contribution in [0.2, 0.25) is 5.02 Å². The van der Waals surface area contributed by atoms with Crippen LogP contribution < -0.4 is 5.32 Å². The van der Waals surface area contributed by atoms with Crippen molar-refractivity contribution in [3.05, 3.63) is 92.8 Å². The largest absolute Gasteiger partial charge is 0.298 e. The van der Waals surface area contributed by atoms with Crippen LogP contribution in [0.3, 0.4) is 0 Å². The predicted molar refractivity (Wildman–Crippen MR) is 121 cm³/mol. The maximum atomic E-state index is 12.2. The Morgan fingerprint density at radius 2 is 1.90 bits per heavy atom. The molecule has 0 saturated heterocycles. The summed E-state index contributed by atoms with van der Waals surface area (Å²) in [4.78, 5) is 27.1. The summed E-state index contributed by atoms with van der Waals surface area (Å²) >= 11 is 7.12. The summed E-state index contributed by atoms with van der Waals surface area (Å²) in [6.45, 7) is 0. The van der Waals surface area contributed by atoms with Crippen molar-refractivity contribution in [2.75, 3.05) is 5.32 Å². The third-order valence-corrected chi connectivity index (χ3v) is 5.45. The van der Waals surface area contributed by atoms with Crippen LogP contribution in [-0.2, 0) is 4.79 Å². The summed E-state index contributed by atoms with van der Waals surface area (Å²) in [5.74, 6) is -0.382. The lowest BCUT2D eigenvalue weighted by atomic mass is 10.1. The smallest absolute Gasteiger partial charge is 0.288 e. The average molecular weight is 436 g/mol. The molecule has 6 nitrogen and oxygen atoms in total. The topological polar surface area (TPSA) is 85.1 Å². The van der Waals surface area contributed by atoms with Gasteiger partial charge < -0.3 is 0 Å².